The molecule has 0 fully saturated rings. The average Bonchev–Trinajstić information content (AvgIpc) is 2.28. The van der Waals surface area contributed by atoms with Crippen LogP contribution in [0.4, 0.5) is 4.39 Å². The topological polar surface area (TPSA) is 29.1 Å². The molecule has 94 valence electrons. The van der Waals surface area contributed by atoms with Gasteiger partial charge in [0.15, 0.2) is 0 Å². The second-order valence-electron chi connectivity index (χ2n) is 4.73. The van der Waals surface area contributed by atoms with Crippen LogP contribution >= 0.6 is 0 Å². The lowest BCUT2D eigenvalue weighted by Crippen LogP contribution is -2.36. The molecule has 1 atom stereocenters. The molecule has 0 aliphatic carbocycles. The Balaban J connectivity index is 2.35. The van der Waals surface area contributed by atoms with Gasteiger partial charge < -0.3 is 5.32 Å². The highest BCUT2D eigenvalue weighted by molar-refractivity contribution is 5.76. The van der Waals surface area contributed by atoms with Gasteiger partial charge in [0.1, 0.15) is 5.82 Å². The Morgan fingerprint density at radius 3 is 2.35 bits per heavy atom. The number of rotatable bonds is 5. The summed E-state index contributed by atoms with van der Waals surface area (Å²) in [6.07, 6.45) is 1.10. The molecule has 1 unspecified atom stereocenters. The van der Waals surface area contributed by atoms with Gasteiger partial charge in [-0.25, -0.2) is 4.39 Å². The van der Waals surface area contributed by atoms with Crippen molar-refractivity contribution in [3.05, 3.63) is 35.6 Å². The van der Waals surface area contributed by atoms with Crippen LogP contribution in [0.3, 0.4) is 0 Å². The van der Waals surface area contributed by atoms with Gasteiger partial charge in [-0.3, -0.25) is 4.79 Å². The van der Waals surface area contributed by atoms with Crippen molar-refractivity contribution in [1.82, 2.24) is 5.32 Å². The van der Waals surface area contributed by atoms with Crippen LogP contribution < -0.4 is 5.32 Å². The average molecular weight is 237 g/mol. The van der Waals surface area contributed by atoms with Gasteiger partial charge in [0.05, 0.1) is 0 Å². The molecule has 1 rings (SSSR count). The minimum absolute atomic E-state index is 0.0514. The quantitative estimate of drug-likeness (QED) is 0.838. The number of nitrogens with one attached hydrogen (secondary N) is 1. The summed E-state index contributed by atoms with van der Waals surface area (Å²) in [6.45, 7) is 6.15. The molecule has 1 amide bonds. The SMILES string of the molecule is CC(C)C(C)NC(=O)CCc1ccc(F)cc1. The van der Waals surface area contributed by atoms with E-state index in [-0.39, 0.29) is 17.8 Å². The van der Waals surface area contributed by atoms with Gasteiger partial charge in [0.2, 0.25) is 5.91 Å². The lowest BCUT2D eigenvalue weighted by atomic mass is 10.1. The highest BCUT2D eigenvalue weighted by Crippen LogP contribution is 2.06. The number of hydrogen-bond acceptors (Lipinski definition) is 1. The zero-order valence-electron chi connectivity index (χ0n) is 10.7. The van der Waals surface area contributed by atoms with Crippen molar-refractivity contribution in [2.45, 2.75) is 39.7 Å². The Morgan fingerprint density at radius 1 is 1.24 bits per heavy atom. The van der Waals surface area contributed by atoms with E-state index >= 15 is 0 Å². The standard InChI is InChI=1S/C14H20FNO/c1-10(2)11(3)16-14(17)9-6-12-4-7-13(15)8-5-12/h4-5,7-8,10-11H,6,9H2,1-3H3,(H,16,17). The number of amides is 1. The minimum atomic E-state index is -0.244. The smallest absolute Gasteiger partial charge is 0.220 e. The van der Waals surface area contributed by atoms with E-state index < -0.39 is 0 Å². The Morgan fingerprint density at radius 2 is 1.82 bits per heavy atom. The van der Waals surface area contributed by atoms with Crippen LogP contribution in [-0.2, 0) is 11.2 Å². The minimum Gasteiger partial charge on any atom is -0.353 e. The van der Waals surface area contributed by atoms with E-state index in [9.17, 15) is 9.18 Å². The largest absolute Gasteiger partial charge is 0.353 e. The van der Waals surface area contributed by atoms with E-state index in [1.165, 1.54) is 12.1 Å². The fourth-order valence-corrected chi connectivity index (χ4v) is 1.40. The van der Waals surface area contributed by atoms with Crippen molar-refractivity contribution in [3.8, 4) is 0 Å². The molecular weight excluding hydrogens is 217 g/mol. The third-order valence-electron chi connectivity index (χ3n) is 2.94. The molecular formula is C14H20FNO. The molecule has 0 saturated heterocycles. The monoisotopic (exact) mass is 237 g/mol. The maximum absolute atomic E-state index is 12.7. The van der Waals surface area contributed by atoms with Crippen LogP contribution in [0.15, 0.2) is 24.3 Å². The van der Waals surface area contributed by atoms with E-state index in [0.717, 1.165) is 5.56 Å². The van der Waals surface area contributed by atoms with Gasteiger partial charge in [-0.2, -0.15) is 0 Å². The van der Waals surface area contributed by atoms with Gasteiger partial charge in [0.25, 0.3) is 0 Å². The summed E-state index contributed by atoms with van der Waals surface area (Å²) >= 11 is 0. The summed E-state index contributed by atoms with van der Waals surface area (Å²) in [5, 5.41) is 2.95. The van der Waals surface area contributed by atoms with Gasteiger partial charge >= 0.3 is 0 Å². The van der Waals surface area contributed by atoms with Gasteiger partial charge in [-0.05, 0) is 37.0 Å². The molecule has 0 radical (unpaired) electrons. The lowest BCUT2D eigenvalue weighted by Gasteiger charge is -2.17. The maximum Gasteiger partial charge on any atom is 0.220 e. The molecule has 3 heteroatoms. The molecule has 0 heterocycles. The maximum atomic E-state index is 12.7. The van der Waals surface area contributed by atoms with Crippen LogP contribution in [0, 0.1) is 11.7 Å². The molecule has 0 aliphatic rings. The third kappa shape index (κ3) is 4.98. The summed E-state index contributed by atoms with van der Waals surface area (Å²) in [7, 11) is 0. The predicted molar refractivity (Wildman–Crippen MR) is 67.2 cm³/mol. The highest BCUT2D eigenvalue weighted by Gasteiger charge is 2.10. The van der Waals surface area contributed by atoms with E-state index in [2.05, 4.69) is 19.2 Å². The molecule has 1 N–H and O–H groups in total. The molecule has 0 spiro atoms. The number of carbonyl (C=O) groups is 1. The van der Waals surface area contributed by atoms with Gasteiger partial charge in [-0.1, -0.05) is 26.0 Å². The molecule has 0 saturated carbocycles. The predicted octanol–water partition coefficient (Wildman–Crippen LogP) is 2.92. The van der Waals surface area contributed by atoms with E-state index in [4.69, 9.17) is 0 Å². The molecule has 17 heavy (non-hydrogen) atoms. The zero-order valence-corrected chi connectivity index (χ0v) is 10.7. The first-order valence-electron chi connectivity index (χ1n) is 6.03. The van der Waals surface area contributed by atoms with E-state index in [1.807, 2.05) is 6.92 Å². The number of benzene rings is 1. The summed E-state index contributed by atoms with van der Waals surface area (Å²) in [6, 6.07) is 6.47. The molecule has 0 aliphatic heterocycles. The first kappa shape index (κ1) is 13.7. The van der Waals surface area contributed by atoms with Crippen molar-refractivity contribution < 1.29 is 9.18 Å². The van der Waals surface area contributed by atoms with Crippen LogP contribution in [0.1, 0.15) is 32.8 Å². The highest BCUT2D eigenvalue weighted by atomic mass is 19.1. The van der Waals surface area contributed by atoms with Crippen LogP contribution in [0.25, 0.3) is 0 Å². The molecule has 1 aromatic rings. The number of carbonyl (C=O) groups excluding carboxylic acids is 1. The number of halogens is 1. The van der Waals surface area contributed by atoms with Crippen molar-refractivity contribution in [1.29, 1.82) is 0 Å². The Hall–Kier alpha value is -1.38. The van der Waals surface area contributed by atoms with E-state index in [1.54, 1.807) is 12.1 Å². The number of aryl methyl sites for hydroxylation is 1. The van der Waals surface area contributed by atoms with Crippen LogP contribution in [0.5, 0.6) is 0 Å². The first-order valence-corrected chi connectivity index (χ1v) is 6.03. The second kappa shape index (κ2) is 6.38. The molecule has 0 aromatic heterocycles. The molecule has 1 aromatic carbocycles. The molecule has 2 nitrogen and oxygen atoms in total. The van der Waals surface area contributed by atoms with Crippen molar-refractivity contribution in [2.75, 3.05) is 0 Å². The Bertz CT molecular complexity index is 359. The lowest BCUT2D eigenvalue weighted by molar-refractivity contribution is -0.121. The second-order valence-corrected chi connectivity index (χ2v) is 4.73. The first-order chi connectivity index (χ1) is 7.99. The fraction of sp³-hybridized carbons (Fsp3) is 0.500. The normalized spacial score (nSPS) is 12.5. The summed E-state index contributed by atoms with van der Waals surface area (Å²) in [5.41, 5.74) is 0.985. The molecule has 0 bridgehead atoms. The van der Waals surface area contributed by atoms with Crippen molar-refractivity contribution >= 4 is 5.91 Å². The van der Waals surface area contributed by atoms with Crippen LogP contribution in [0.2, 0.25) is 0 Å². The van der Waals surface area contributed by atoms with Crippen molar-refractivity contribution in [2.24, 2.45) is 5.92 Å². The Kier molecular flexibility index (Phi) is 5.13. The fourth-order valence-electron chi connectivity index (χ4n) is 1.40. The summed E-state index contributed by atoms with van der Waals surface area (Å²) < 4.78 is 12.7. The Labute approximate surface area is 102 Å². The summed E-state index contributed by atoms with van der Waals surface area (Å²) in [5.74, 6) is 0.243. The van der Waals surface area contributed by atoms with Crippen molar-refractivity contribution in [3.63, 3.8) is 0 Å². The van der Waals surface area contributed by atoms with Gasteiger partial charge in [0, 0.05) is 12.5 Å². The van der Waals surface area contributed by atoms with Gasteiger partial charge in [-0.15, -0.1) is 0 Å². The van der Waals surface area contributed by atoms with Crippen LogP contribution in [-0.4, -0.2) is 11.9 Å². The third-order valence-corrected chi connectivity index (χ3v) is 2.94. The number of hydrogen-bond donors (Lipinski definition) is 1. The summed E-state index contributed by atoms with van der Waals surface area (Å²) in [4.78, 5) is 11.6. The van der Waals surface area contributed by atoms with E-state index in [0.29, 0.717) is 18.8 Å². The zero-order chi connectivity index (χ0) is 12.8.